The molecule has 20 heavy (non-hydrogen) atoms. The van der Waals surface area contributed by atoms with Gasteiger partial charge >= 0.3 is 0 Å². The Kier molecular flexibility index (Phi) is 6.04. The Morgan fingerprint density at radius 2 is 2.10 bits per heavy atom. The number of nitro groups is 1. The van der Waals surface area contributed by atoms with E-state index in [1.165, 1.54) is 18.2 Å². The van der Waals surface area contributed by atoms with Crippen molar-refractivity contribution in [2.75, 3.05) is 12.4 Å². The summed E-state index contributed by atoms with van der Waals surface area (Å²) in [6.45, 7) is 1.92. The standard InChI is InChI=1S/C11H13Cl2NO5S/c1-2-8(7-20(13,17)18)6-19-11-4-3-9(14(15)16)5-10(11)12/h3-5,8H,2,6-7H2,1H3. The number of nitro benzene ring substituents is 1. The number of ether oxygens (including phenoxy) is 1. The van der Waals surface area contributed by atoms with Crippen molar-refractivity contribution in [1.29, 1.82) is 0 Å². The first-order chi connectivity index (χ1) is 9.23. The van der Waals surface area contributed by atoms with Gasteiger partial charge in [-0.3, -0.25) is 10.1 Å². The predicted molar refractivity (Wildman–Crippen MR) is 77.0 cm³/mol. The van der Waals surface area contributed by atoms with E-state index in [4.69, 9.17) is 27.0 Å². The van der Waals surface area contributed by atoms with Crippen LogP contribution in [0.3, 0.4) is 0 Å². The summed E-state index contributed by atoms with van der Waals surface area (Å²) in [6, 6.07) is 3.82. The lowest BCUT2D eigenvalue weighted by atomic mass is 10.1. The molecule has 6 nitrogen and oxygen atoms in total. The molecule has 0 N–H and O–H groups in total. The van der Waals surface area contributed by atoms with Crippen molar-refractivity contribution in [3.63, 3.8) is 0 Å². The van der Waals surface area contributed by atoms with Gasteiger partial charge in [-0.15, -0.1) is 0 Å². The van der Waals surface area contributed by atoms with E-state index in [0.29, 0.717) is 6.42 Å². The van der Waals surface area contributed by atoms with Crippen molar-refractivity contribution in [3.05, 3.63) is 33.3 Å². The van der Waals surface area contributed by atoms with Crippen LogP contribution in [0.5, 0.6) is 5.75 Å². The Morgan fingerprint density at radius 3 is 2.55 bits per heavy atom. The van der Waals surface area contributed by atoms with Crippen molar-refractivity contribution in [2.45, 2.75) is 13.3 Å². The smallest absolute Gasteiger partial charge is 0.271 e. The van der Waals surface area contributed by atoms with E-state index in [1.54, 1.807) is 0 Å². The molecule has 0 aromatic heterocycles. The van der Waals surface area contributed by atoms with E-state index in [-0.39, 0.29) is 34.7 Å². The minimum absolute atomic E-state index is 0.0998. The lowest BCUT2D eigenvalue weighted by molar-refractivity contribution is -0.384. The predicted octanol–water partition coefficient (Wildman–Crippen LogP) is 3.22. The SMILES string of the molecule is CCC(COc1ccc([N+](=O)[O-])cc1Cl)CS(=O)(=O)Cl. The van der Waals surface area contributed by atoms with E-state index in [0.717, 1.165) is 0 Å². The molecule has 0 heterocycles. The van der Waals surface area contributed by atoms with Crippen molar-refractivity contribution in [3.8, 4) is 5.75 Å². The second kappa shape index (κ2) is 7.10. The van der Waals surface area contributed by atoms with Crippen LogP contribution in [-0.2, 0) is 9.05 Å². The molecule has 0 saturated carbocycles. The highest BCUT2D eigenvalue weighted by atomic mass is 35.7. The second-order valence-corrected chi connectivity index (χ2v) is 7.39. The van der Waals surface area contributed by atoms with E-state index in [9.17, 15) is 18.5 Å². The number of nitrogens with zero attached hydrogens (tertiary/aromatic N) is 1. The Morgan fingerprint density at radius 1 is 1.45 bits per heavy atom. The molecule has 1 unspecified atom stereocenters. The van der Waals surface area contributed by atoms with Crippen LogP contribution in [0.2, 0.25) is 5.02 Å². The average molecular weight is 342 g/mol. The molecule has 1 aromatic rings. The zero-order chi connectivity index (χ0) is 15.3. The maximum atomic E-state index is 11.0. The van der Waals surface area contributed by atoms with Gasteiger partial charge in [-0.2, -0.15) is 0 Å². The Balaban J connectivity index is 2.71. The van der Waals surface area contributed by atoms with E-state index in [1.807, 2.05) is 6.92 Å². The van der Waals surface area contributed by atoms with Gasteiger partial charge in [0.05, 0.1) is 22.3 Å². The number of hydrogen-bond acceptors (Lipinski definition) is 5. The molecule has 0 saturated heterocycles. The van der Waals surface area contributed by atoms with E-state index in [2.05, 4.69) is 0 Å². The molecule has 0 bridgehead atoms. The van der Waals surface area contributed by atoms with Crippen molar-refractivity contribution in [2.24, 2.45) is 5.92 Å². The van der Waals surface area contributed by atoms with Crippen LogP contribution in [0, 0.1) is 16.0 Å². The monoisotopic (exact) mass is 341 g/mol. The maximum absolute atomic E-state index is 11.0. The average Bonchev–Trinajstić information content (AvgIpc) is 2.34. The molecule has 1 rings (SSSR count). The lowest BCUT2D eigenvalue weighted by Gasteiger charge is -2.14. The molecule has 0 spiro atoms. The van der Waals surface area contributed by atoms with Crippen LogP contribution in [0.1, 0.15) is 13.3 Å². The zero-order valence-corrected chi connectivity index (χ0v) is 12.9. The topological polar surface area (TPSA) is 86.5 Å². The molecule has 112 valence electrons. The van der Waals surface area contributed by atoms with Crippen LogP contribution in [0.15, 0.2) is 18.2 Å². The summed E-state index contributed by atoms with van der Waals surface area (Å²) in [5.41, 5.74) is -0.141. The number of hydrogen-bond donors (Lipinski definition) is 0. The zero-order valence-electron chi connectivity index (χ0n) is 10.6. The molecule has 0 aliphatic rings. The highest BCUT2D eigenvalue weighted by molar-refractivity contribution is 8.13. The fourth-order valence-corrected chi connectivity index (χ4v) is 3.15. The highest BCUT2D eigenvalue weighted by Gasteiger charge is 2.17. The number of halogens is 2. The van der Waals surface area contributed by atoms with Crippen LogP contribution >= 0.6 is 22.3 Å². The van der Waals surface area contributed by atoms with Gasteiger partial charge in [-0.25, -0.2) is 8.42 Å². The molecular formula is C11H13Cl2NO5S. The Hall–Kier alpha value is -1.05. The largest absolute Gasteiger partial charge is 0.492 e. The summed E-state index contributed by atoms with van der Waals surface area (Å²) in [5, 5.41) is 10.7. The van der Waals surface area contributed by atoms with Crippen LogP contribution < -0.4 is 4.74 Å². The lowest BCUT2D eigenvalue weighted by Crippen LogP contribution is -2.19. The van der Waals surface area contributed by atoms with Gasteiger partial charge < -0.3 is 4.74 Å². The first-order valence-electron chi connectivity index (χ1n) is 5.72. The third kappa shape index (κ3) is 5.52. The van der Waals surface area contributed by atoms with Crippen LogP contribution in [0.4, 0.5) is 5.69 Å². The van der Waals surface area contributed by atoms with Crippen molar-refractivity contribution < 1.29 is 18.1 Å². The van der Waals surface area contributed by atoms with Gasteiger partial charge in [-0.1, -0.05) is 18.5 Å². The minimum Gasteiger partial charge on any atom is -0.492 e. The van der Waals surface area contributed by atoms with Gasteiger partial charge in [0.15, 0.2) is 0 Å². The fourth-order valence-electron chi connectivity index (χ4n) is 1.49. The molecular weight excluding hydrogens is 329 g/mol. The number of benzene rings is 1. The summed E-state index contributed by atoms with van der Waals surface area (Å²) in [7, 11) is 1.59. The molecule has 0 fully saturated rings. The van der Waals surface area contributed by atoms with Gasteiger partial charge in [0.1, 0.15) is 5.75 Å². The first-order valence-corrected chi connectivity index (χ1v) is 8.57. The molecule has 0 aliphatic heterocycles. The van der Waals surface area contributed by atoms with Gasteiger partial charge in [0, 0.05) is 28.7 Å². The third-order valence-corrected chi connectivity index (χ3v) is 4.16. The van der Waals surface area contributed by atoms with Crippen LogP contribution in [0.25, 0.3) is 0 Å². The fraction of sp³-hybridized carbons (Fsp3) is 0.455. The first kappa shape index (κ1) is 17.0. The normalized spacial score (nSPS) is 12.9. The Bertz CT molecular complexity index is 590. The summed E-state index contributed by atoms with van der Waals surface area (Å²) < 4.78 is 27.4. The molecule has 0 amide bonds. The summed E-state index contributed by atoms with van der Waals surface area (Å²) in [6.07, 6.45) is 0.566. The van der Waals surface area contributed by atoms with Gasteiger partial charge in [-0.05, 0) is 12.5 Å². The van der Waals surface area contributed by atoms with Crippen molar-refractivity contribution >= 4 is 37.0 Å². The Labute approximate surface area is 126 Å². The van der Waals surface area contributed by atoms with Crippen LogP contribution in [-0.4, -0.2) is 25.7 Å². The molecule has 9 heteroatoms. The van der Waals surface area contributed by atoms with Gasteiger partial charge in [0.2, 0.25) is 9.05 Å². The molecule has 1 atom stereocenters. The number of non-ortho nitro benzene ring substituents is 1. The third-order valence-electron chi connectivity index (χ3n) is 2.61. The maximum Gasteiger partial charge on any atom is 0.271 e. The highest BCUT2D eigenvalue weighted by Crippen LogP contribution is 2.29. The minimum atomic E-state index is -3.60. The van der Waals surface area contributed by atoms with E-state index >= 15 is 0 Å². The summed E-state index contributed by atoms with van der Waals surface area (Å²) in [5.74, 6) is -0.207. The molecule has 0 aliphatic carbocycles. The summed E-state index contributed by atoms with van der Waals surface area (Å²) in [4.78, 5) is 9.99. The summed E-state index contributed by atoms with van der Waals surface area (Å²) >= 11 is 5.86. The molecule has 1 aromatic carbocycles. The molecule has 0 radical (unpaired) electrons. The number of rotatable bonds is 7. The van der Waals surface area contributed by atoms with Crippen molar-refractivity contribution in [1.82, 2.24) is 0 Å². The van der Waals surface area contributed by atoms with E-state index < -0.39 is 14.0 Å². The van der Waals surface area contributed by atoms with Gasteiger partial charge in [0.25, 0.3) is 5.69 Å². The second-order valence-electron chi connectivity index (χ2n) is 4.16. The quantitative estimate of drug-likeness (QED) is 0.431.